The number of nitrogens with zero attached hydrogens (tertiary/aromatic N) is 2. The van der Waals surface area contributed by atoms with E-state index in [0.717, 1.165) is 43.1 Å². The van der Waals surface area contributed by atoms with Crippen molar-refractivity contribution in [3.05, 3.63) is 29.6 Å². The summed E-state index contributed by atoms with van der Waals surface area (Å²) in [5.74, 6) is 1.75. The van der Waals surface area contributed by atoms with Gasteiger partial charge in [-0.25, -0.2) is 4.98 Å². The molecule has 0 spiro atoms. The first kappa shape index (κ1) is 12.6. The number of aromatic amines is 1. The molecule has 1 fully saturated rings. The van der Waals surface area contributed by atoms with E-state index in [1.54, 1.807) is 7.11 Å². The summed E-state index contributed by atoms with van der Waals surface area (Å²) in [6.45, 7) is 6.15. The number of benzene rings is 1. The van der Waals surface area contributed by atoms with Crippen LogP contribution in [0.25, 0.3) is 11.0 Å². The Morgan fingerprint density at radius 3 is 3.21 bits per heavy atom. The highest BCUT2D eigenvalue weighted by Crippen LogP contribution is 2.19. The Kier molecular flexibility index (Phi) is 3.53. The van der Waals surface area contributed by atoms with Crippen LogP contribution in [-0.4, -0.2) is 41.7 Å². The van der Waals surface area contributed by atoms with Gasteiger partial charge in [0.2, 0.25) is 0 Å². The lowest BCUT2D eigenvalue weighted by atomic mass is 10.1. The molecule has 0 aliphatic carbocycles. The van der Waals surface area contributed by atoms with Gasteiger partial charge >= 0.3 is 0 Å². The van der Waals surface area contributed by atoms with E-state index in [9.17, 15) is 0 Å². The van der Waals surface area contributed by atoms with Gasteiger partial charge in [-0.15, -0.1) is 0 Å². The van der Waals surface area contributed by atoms with Crippen LogP contribution < -0.4 is 0 Å². The zero-order valence-electron chi connectivity index (χ0n) is 11.6. The second kappa shape index (κ2) is 5.31. The van der Waals surface area contributed by atoms with E-state index in [4.69, 9.17) is 4.74 Å². The van der Waals surface area contributed by atoms with Crippen LogP contribution in [0, 0.1) is 12.8 Å². The first-order valence-corrected chi connectivity index (χ1v) is 6.91. The Morgan fingerprint density at radius 1 is 1.47 bits per heavy atom. The van der Waals surface area contributed by atoms with E-state index in [1.165, 1.54) is 12.0 Å². The van der Waals surface area contributed by atoms with Crippen molar-refractivity contribution in [2.45, 2.75) is 19.9 Å². The number of imidazole rings is 1. The minimum atomic E-state index is 0.677. The van der Waals surface area contributed by atoms with Gasteiger partial charge in [-0.2, -0.15) is 0 Å². The highest BCUT2D eigenvalue weighted by Gasteiger charge is 2.22. The van der Waals surface area contributed by atoms with Crippen molar-refractivity contribution in [3.63, 3.8) is 0 Å². The maximum absolute atomic E-state index is 5.24. The number of hydrogen-bond donors (Lipinski definition) is 1. The van der Waals surface area contributed by atoms with E-state index in [-0.39, 0.29) is 0 Å². The first-order chi connectivity index (χ1) is 9.24. The van der Waals surface area contributed by atoms with E-state index in [0.29, 0.717) is 5.92 Å². The quantitative estimate of drug-likeness (QED) is 0.916. The van der Waals surface area contributed by atoms with Crippen molar-refractivity contribution < 1.29 is 4.74 Å². The summed E-state index contributed by atoms with van der Waals surface area (Å²) in [5.41, 5.74) is 3.47. The van der Waals surface area contributed by atoms with Gasteiger partial charge in [-0.05, 0) is 43.5 Å². The van der Waals surface area contributed by atoms with Crippen LogP contribution in [0.4, 0.5) is 0 Å². The molecule has 0 amide bonds. The molecule has 0 radical (unpaired) electrons. The monoisotopic (exact) mass is 259 g/mol. The summed E-state index contributed by atoms with van der Waals surface area (Å²) in [4.78, 5) is 10.5. The molecule has 4 heteroatoms. The number of rotatable bonds is 4. The van der Waals surface area contributed by atoms with E-state index in [2.05, 4.69) is 40.0 Å². The largest absolute Gasteiger partial charge is 0.384 e. The summed E-state index contributed by atoms with van der Waals surface area (Å²) >= 11 is 0. The smallest absolute Gasteiger partial charge is 0.121 e. The van der Waals surface area contributed by atoms with Crippen LogP contribution in [0.15, 0.2) is 18.2 Å². The van der Waals surface area contributed by atoms with Crippen LogP contribution in [0.3, 0.4) is 0 Å². The average Bonchev–Trinajstić information content (AvgIpc) is 2.96. The van der Waals surface area contributed by atoms with E-state index < -0.39 is 0 Å². The molecule has 1 saturated heterocycles. The second-order valence-electron chi connectivity index (χ2n) is 5.55. The molecule has 0 saturated carbocycles. The van der Waals surface area contributed by atoms with E-state index in [1.807, 2.05) is 0 Å². The Bertz CT molecular complexity index is 564. The zero-order valence-corrected chi connectivity index (χ0v) is 11.6. The molecule has 3 rings (SSSR count). The van der Waals surface area contributed by atoms with Gasteiger partial charge in [-0.1, -0.05) is 6.07 Å². The van der Waals surface area contributed by atoms with Crippen molar-refractivity contribution in [2.24, 2.45) is 5.92 Å². The third-order valence-corrected chi connectivity index (χ3v) is 3.83. The molecule has 1 unspecified atom stereocenters. The second-order valence-corrected chi connectivity index (χ2v) is 5.55. The Labute approximate surface area is 113 Å². The van der Waals surface area contributed by atoms with Gasteiger partial charge in [0, 0.05) is 13.7 Å². The maximum atomic E-state index is 5.24. The number of aryl methyl sites for hydroxylation is 1. The molecule has 2 aromatic rings. The van der Waals surface area contributed by atoms with Crippen molar-refractivity contribution in [2.75, 3.05) is 26.8 Å². The Balaban J connectivity index is 1.68. The number of aromatic nitrogens is 2. The zero-order chi connectivity index (χ0) is 13.2. The van der Waals surface area contributed by atoms with Crippen molar-refractivity contribution in [1.82, 2.24) is 14.9 Å². The number of H-pyrrole nitrogens is 1. The Morgan fingerprint density at radius 2 is 2.37 bits per heavy atom. The summed E-state index contributed by atoms with van der Waals surface area (Å²) in [6, 6.07) is 6.35. The fraction of sp³-hybridized carbons (Fsp3) is 0.533. The molecule has 19 heavy (non-hydrogen) atoms. The molecule has 0 bridgehead atoms. The number of methoxy groups -OCH3 is 1. The molecule has 1 aliphatic rings. The topological polar surface area (TPSA) is 41.1 Å². The minimum Gasteiger partial charge on any atom is -0.384 e. The van der Waals surface area contributed by atoms with Gasteiger partial charge in [0.05, 0.1) is 24.2 Å². The lowest BCUT2D eigenvalue weighted by molar-refractivity contribution is 0.152. The van der Waals surface area contributed by atoms with Gasteiger partial charge in [0.25, 0.3) is 0 Å². The van der Waals surface area contributed by atoms with Crippen LogP contribution in [0.1, 0.15) is 17.8 Å². The molecule has 1 aromatic heterocycles. The molecule has 2 heterocycles. The van der Waals surface area contributed by atoms with Crippen LogP contribution in [0.5, 0.6) is 0 Å². The molecule has 1 aromatic carbocycles. The third-order valence-electron chi connectivity index (χ3n) is 3.83. The molecule has 102 valence electrons. The predicted molar refractivity (Wildman–Crippen MR) is 76.1 cm³/mol. The summed E-state index contributed by atoms with van der Waals surface area (Å²) < 4.78 is 5.24. The highest BCUT2D eigenvalue weighted by atomic mass is 16.5. The first-order valence-electron chi connectivity index (χ1n) is 6.91. The van der Waals surface area contributed by atoms with Crippen molar-refractivity contribution in [1.29, 1.82) is 0 Å². The molecule has 1 aliphatic heterocycles. The number of likely N-dealkylation sites (tertiary alicyclic amines) is 1. The lowest BCUT2D eigenvalue weighted by Gasteiger charge is -2.13. The Hall–Kier alpha value is -1.39. The fourth-order valence-electron chi connectivity index (χ4n) is 2.89. The fourth-order valence-corrected chi connectivity index (χ4v) is 2.89. The molecule has 1 atom stereocenters. The van der Waals surface area contributed by atoms with Gasteiger partial charge in [0.15, 0.2) is 0 Å². The van der Waals surface area contributed by atoms with Crippen LogP contribution >= 0.6 is 0 Å². The lowest BCUT2D eigenvalue weighted by Crippen LogP contribution is -2.21. The summed E-state index contributed by atoms with van der Waals surface area (Å²) in [7, 11) is 1.78. The number of fused-ring (bicyclic) bond motifs is 1. The van der Waals surface area contributed by atoms with Crippen LogP contribution in [-0.2, 0) is 11.3 Å². The number of hydrogen-bond acceptors (Lipinski definition) is 3. The van der Waals surface area contributed by atoms with E-state index >= 15 is 0 Å². The maximum Gasteiger partial charge on any atom is 0.121 e. The van der Waals surface area contributed by atoms with Gasteiger partial charge < -0.3 is 9.72 Å². The molecular weight excluding hydrogens is 238 g/mol. The third kappa shape index (κ3) is 2.80. The molecule has 1 N–H and O–H groups in total. The normalized spacial score (nSPS) is 20.4. The summed E-state index contributed by atoms with van der Waals surface area (Å²) in [5, 5.41) is 0. The molecule has 4 nitrogen and oxygen atoms in total. The SMILES string of the molecule is COCC1CCN(Cc2nc3ccc(C)cc3[nH]2)C1. The number of ether oxygens (including phenoxy) is 1. The molecular formula is C15H21N3O. The predicted octanol–water partition coefficient (Wildman–Crippen LogP) is 2.34. The van der Waals surface area contributed by atoms with Crippen LogP contribution in [0.2, 0.25) is 0 Å². The highest BCUT2D eigenvalue weighted by molar-refractivity contribution is 5.75. The van der Waals surface area contributed by atoms with Crippen molar-refractivity contribution in [3.8, 4) is 0 Å². The number of nitrogens with one attached hydrogen (secondary N) is 1. The minimum absolute atomic E-state index is 0.677. The average molecular weight is 259 g/mol. The van der Waals surface area contributed by atoms with Gasteiger partial charge in [0.1, 0.15) is 5.82 Å². The van der Waals surface area contributed by atoms with Crippen molar-refractivity contribution >= 4 is 11.0 Å². The summed E-state index contributed by atoms with van der Waals surface area (Å²) in [6.07, 6.45) is 1.23. The standard InChI is InChI=1S/C15H21N3O/c1-11-3-4-13-14(7-11)17-15(16-13)9-18-6-5-12(8-18)10-19-2/h3-4,7,12H,5-6,8-10H2,1-2H3,(H,16,17). The van der Waals surface area contributed by atoms with Gasteiger partial charge in [-0.3, -0.25) is 4.90 Å².